The fraction of sp³-hybridized carbons (Fsp3) is 0.350. The SMILES string of the molecule is C[C@H]1CCC(=O)[C@@H]([C@H](O)c2ccc(-c3ccccc3)cc2)C1. The molecule has 0 aromatic heterocycles. The van der Waals surface area contributed by atoms with Crippen LogP contribution in [0.15, 0.2) is 54.6 Å². The number of hydrogen-bond acceptors (Lipinski definition) is 2. The fourth-order valence-electron chi connectivity index (χ4n) is 3.30. The molecule has 1 aliphatic rings. The molecule has 0 saturated heterocycles. The maximum absolute atomic E-state index is 12.1. The molecule has 3 atom stereocenters. The minimum Gasteiger partial charge on any atom is -0.388 e. The van der Waals surface area contributed by atoms with Crippen molar-refractivity contribution in [2.24, 2.45) is 11.8 Å². The molecular weight excluding hydrogens is 272 g/mol. The number of carbonyl (C=O) groups excluding carboxylic acids is 1. The maximum atomic E-state index is 12.1. The average molecular weight is 294 g/mol. The van der Waals surface area contributed by atoms with Gasteiger partial charge in [0.2, 0.25) is 0 Å². The Morgan fingerprint density at radius 2 is 1.64 bits per heavy atom. The monoisotopic (exact) mass is 294 g/mol. The van der Waals surface area contributed by atoms with Crippen LogP contribution in [0.4, 0.5) is 0 Å². The van der Waals surface area contributed by atoms with Gasteiger partial charge in [0, 0.05) is 12.3 Å². The van der Waals surface area contributed by atoms with Gasteiger partial charge in [-0.3, -0.25) is 4.79 Å². The highest BCUT2D eigenvalue weighted by Crippen LogP contribution is 2.35. The van der Waals surface area contributed by atoms with Gasteiger partial charge in [-0.05, 0) is 35.4 Å². The van der Waals surface area contributed by atoms with Crippen LogP contribution in [-0.4, -0.2) is 10.9 Å². The Morgan fingerprint density at radius 1 is 1.00 bits per heavy atom. The molecule has 0 radical (unpaired) electrons. The van der Waals surface area contributed by atoms with Crippen molar-refractivity contribution in [3.63, 3.8) is 0 Å². The second-order valence-corrected chi connectivity index (χ2v) is 6.39. The molecule has 2 aromatic rings. The van der Waals surface area contributed by atoms with Crippen molar-refractivity contribution in [2.75, 3.05) is 0 Å². The van der Waals surface area contributed by atoms with E-state index in [9.17, 15) is 9.90 Å². The van der Waals surface area contributed by atoms with E-state index in [0.717, 1.165) is 29.5 Å². The molecule has 1 saturated carbocycles. The molecule has 0 amide bonds. The standard InChI is InChI=1S/C20H22O2/c1-14-7-12-19(21)18(13-14)20(22)17-10-8-16(9-11-17)15-5-3-2-4-6-15/h2-6,8-11,14,18,20,22H,7,12-13H2,1H3/t14-,18-,20+/m0/s1. The lowest BCUT2D eigenvalue weighted by molar-refractivity contribution is -0.129. The number of aliphatic hydroxyl groups excluding tert-OH is 1. The number of carbonyl (C=O) groups is 1. The number of benzene rings is 2. The predicted octanol–water partition coefficient (Wildman–Crippen LogP) is 4.39. The highest BCUT2D eigenvalue weighted by Gasteiger charge is 2.32. The Bertz CT molecular complexity index is 631. The van der Waals surface area contributed by atoms with E-state index in [2.05, 4.69) is 19.1 Å². The summed E-state index contributed by atoms with van der Waals surface area (Å²) in [4.78, 5) is 12.1. The summed E-state index contributed by atoms with van der Waals surface area (Å²) in [5, 5.41) is 10.6. The molecule has 2 heteroatoms. The van der Waals surface area contributed by atoms with Crippen LogP contribution in [0.5, 0.6) is 0 Å². The summed E-state index contributed by atoms with van der Waals surface area (Å²) in [6.07, 6.45) is 1.67. The van der Waals surface area contributed by atoms with Gasteiger partial charge in [-0.15, -0.1) is 0 Å². The molecule has 0 spiro atoms. The van der Waals surface area contributed by atoms with Crippen molar-refractivity contribution >= 4 is 5.78 Å². The number of Topliss-reactive ketones (excluding diaryl/α,β-unsaturated/α-hetero) is 1. The number of aliphatic hydroxyl groups is 1. The first-order valence-corrected chi connectivity index (χ1v) is 8.01. The maximum Gasteiger partial charge on any atom is 0.138 e. The first kappa shape index (κ1) is 15.0. The van der Waals surface area contributed by atoms with Crippen LogP contribution in [-0.2, 0) is 4.79 Å². The minimum absolute atomic E-state index is 0.206. The zero-order chi connectivity index (χ0) is 15.5. The van der Waals surface area contributed by atoms with Gasteiger partial charge in [-0.2, -0.15) is 0 Å². The van der Waals surface area contributed by atoms with Crippen molar-refractivity contribution in [1.29, 1.82) is 0 Å². The number of ketones is 1. The average Bonchev–Trinajstić information content (AvgIpc) is 2.57. The van der Waals surface area contributed by atoms with Gasteiger partial charge >= 0.3 is 0 Å². The van der Waals surface area contributed by atoms with Gasteiger partial charge in [-0.1, -0.05) is 61.5 Å². The van der Waals surface area contributed by atoms with Crippen LogP contribution in [0, 0.1) is 11.8 Å². The highest BCUT2D eigenvalue weighted by atomic mass is 16.3. The van der Waals surface area contributed by atoms with Crippen molar-refractivity contribution in [1.82, 2.24) is 0 Å². The molecular formula is C20H22O2. The van der Waals surface area contributed by atoms with E-state index in [1.165, 1.54) is 0 Å². The predicted molar refractivity (Wildman–Crippen MR) is 88.3 cm³/mol. The van der Waals surface area contributed by atoms with Crippen molar-refractivity contribution < 1.29 is 9.90 Å². The van der Waals surface area contributed by atoms with Crippen LogP contribution < -0.4 is 0 Å². The molecule has 0 bridgehead atoms. The summed E-state index contributed by atoms with van der Waals surface area (Å²) < 4.78 is 0. The van der Waals surface area contributed by atoms with Crippen LogP contribution >= 0.6 is 0 Å². The van der Waals surface area contributed by atoms with E-state index >= 15 is 0 Å². The molecule has 3 rings (SSSR count). The Hall–Kier alpha value is -1.93. The van der Waals surface area contributed by atoms with Gasteiger partial charge in [-0.25, -0.2) is 0 Å². The Kier molecular flexibility index (Phi) is 4.39. The van der Waals surface area contributed by atoms with Crippen molar-refractivity contribution in [3.05, 3.63) is 60.2 Å². The Labute approximate surface area is 131 Å². The van der Waals surface area contributed by atoms with Crippen LogP contribution in [0.2, 0.25) is 0 Å². The smallest absolute Gasteiger partial charge is 0.138 e. The van der Waals surface area contributed by atoms with Crippen LogP contribution in [0.3, 0.4) is 0 Å². The van der Waals surface area contributed by atoms with Gasteiger partial charge in [0.05, 0.1) is 6.10 Å². The lowest BCUT2D eigenvalue weighted by atomic mass is 9.77. The summed E-state index contributed by atoms with van der Waals surface area (Å²) in [6, 6.07) is 18.1. The van der Waals surface area contributed by atoms with E-state index in [0.29, 0.717) is 12.3 Å². The van der Waals surface area contributed by atoms with E-state index in [4.69, 9.17) is 0 Å². The largest absolute Gasteiger partial charge is 0.388 e. The van der Waals surface area contributed by atoms with E-state index < -0.39 is 6.10 Å². The van der Waals surface area contributed by atoms with Gasteiger partial charge < -0.3 is 5.11 Å². The Balaban J connectivity index is 1.79. The molecule has 1 N–H and O–H groups in total. The second-order valence-electron chi connectivity index (χ2n) is 6.39. The third-order valence-corrected chi connectivity index (χ3v) is 4.69. The van der Waals surface area contributed by atoms with Gasteiger partial charge in [0.15, 0.2) is 0 Å². The molecule has 22 heavy (non-hydrogen) atoms. The van der Waals surface area contributed by atoms with Gasteiger partial charge in [0.1, 0.15) is 5.78 Å². The summed E-state index contributed by atoms with van der Waals surface area (Å²) in [5.41, 5.74) is 3.12. The lowest BCUT2D eigenvalue weighted by Gasteiger charge is -2.29. The molecule has 0 aliphatic heterocycles. The molecule has 2 aromatic carbocycles. The van der Waals surface area contributed by atoms with E-state index in [-0.39, 0.29) is 11.7 Å². The lowest BCUT2D eigenvalue weighted by Crippen LogP contribution is -2.29. The molecule has 1 fully saturated rings. The van der Waals surface area contributed by atoms with Gasteiger partial charge in [0.25, 0.3) is 0 Å². The summed E-state index contributed by atoms with van der Waals surface area (Å²) in [7, 11) is 0. The molecule has 2 nitrogen and oxygen atoms in total. The first-order valence-electron chi connectivity index (χ1n) is 8.01. The van der Waals surface area contributed by atoms with Crippen LogP contribution in [0.1, 0.15) is 37.9 Å². The Morgan fingerprint density at radius 3 is 2.32 bits per heavy atom. The van der Waals surface area contributed by atoms with E-state index in [1.54, 1.807) is 0 Å². The summed E-state index contributed by atoms with van der Waals surface area (Å²) >= 11 is 0. The van der Waals surface area contributed by atoms with E-state index in [1.807, 2.05) is 42.5 Å². The van der Waals surface area contributed by atoms with Crippen molar-refractivity contribution in [3.8, 4) is 11.1 Å². The third kappa shape index (κ3) is 3.12. The zero-order valence-corrected chi connectivity index (χ0v) is 12.9. The third-order valence-electron chi connectivity index (χ3n) is 4.69. The quantitative estimate of drug-likeness (QED) is 0.911. The topological polar surface area (TPSA) is 37.3 Å². The molecule has 0 heterocycles. The highest BCUT2D eigenvalue weighted by molar-refractivity contribution is 5.82. The second kappa shape index (κ2) is 6.45. The first-order chi connectivity index (χ1) is 10.6. The fourth-order valence-corrected chi connectivity index (χ4v) is 3.30. The normalized spacial score (nSPS) is 23.3. The minimum atomic E-state index is -0.680. The molecule has 114 valence electrons. The molecule has 1 aliphatic carbocycles. The number of hydrogen-bond donors (Lipinski definition) is 1. The molecule has 0 unspecified atom stereocenters. The summed E-state index contributed by atoms with van der Waals surface area (Å²) in [5.74, 6) is 0.477. The summed E-state index contributed by atoms with van der Waals surface area (Å²) in [6.45, 7) is 2.16. The number of rotatable bonds is 3. The zero-order valence-electron chi connectivity index (χ0n) is 12.9. The van der Waals surface area contributed by atoms with Crippen molar-refractivity contribution in [2.45, 2.75) is 32.3 Å². The van der Waals surface area contributed by atoms with Crippen LogP contribution in [0.25, 0.3) is 11.1 Å².